The molecule has 1 aromatic heterocycles. The van der Waals surface area contributed by atoms with Crippen molar-refractivity contribution >= 4 is 80.0 Å². The van der Waals surface area contributed by atoms with Crippen LogP contribution in [0.5, 0.6) is 0 Å². The number of thiazole rings is 1. The third-order valence-corrected chi connectivity index (χ3v) is 7.70. The van der Waals surface area contributed by atoms with Crippen LogP contribution in [-0.2, 0) is 4.79 Å². The van der Waals surface area contributed by atoms with Gasteiger partial charge < -0.3 is 5.32 Å². The van der Waals surface area contributed by atoms with Crippen LogP contribution in [0.25, 0.3) is 10.2 Å². The van der Waals surface area contributed by atoms with Crippen molar-refractivity contribution in [1.82, 2.24) is 4.98 Å². The monoisotopic (exact) mass is 513 g/mol. The van der Waals surface area contributed by atoms with Crippen molar-refractivity contribution in [3.8, 4) is 0 Å². The molecule has 0 aliphatic heterocycles. The molecule has 0 spiro atoms. The Morgan fingerprint density at radius 2 is 1.85 bits per heavy atom. The molecule has 0 saturated heterocycles. The molecule has 4 rings (SSSR count). The molecule has 168 valence electrons. The van der Waals surface area contributed by atoms with E-state index in [1.54, 1.807) is 24.4 Å². The second kappa shape index (κ2) is 10.7. The number of nitrogens with zero attached hydrogens (tertiary/aromatic N) is 2. The maximum Gasteiger partial charge on any atom is 0.234 e. The maximum absolute atomic E-state index is 12.4. The standard InChI is InChI=1S/C25H21Cl2N3OS2/c1-15(2)16-6-8-17(9-7-16)29-24(31)14-32-25-30-22-11-10-18(12-23(22)33-25)28-13-19-20(26)4-3-5-21(19)27/h3-13,15H,14H2,1-2H3,(H,29,31). The highest BCUT2D eigenvalue weighted by atomic mass is 35.5. The molecule has 4 nitrogen and oxygen atoms in total. The molecule has 8 heteroatoms. The van der Waals surface area contributed by atoms with E-state index >= 15 is 0 Å². The summed E-state index contributed by atoms with van der Waals surface area (Å²) in [6, 6.07) is 19.1. The number of fused-ring (bicyclic) bond motifs is 1. The smallest absolute Gasteiger partial charge is 0.234 e. The van der Waals surface area contributed by atoms with Crippen LogP contribution in [0.3, 0.4) is 0 Å². The lowest BCUT2D eigenvalue weighted by atomic mass is 10.0. The number of carbonyl (C=O) groups excluding carboxylic acids is 1. The van der Waals surface area contributed by atoms with Crippen molar-refractivity contribution in [1.29, 1.82) is 0 Å². The van der Waals surface area contributed by atoms with E-state index in [2.05, 4.69) is 29.1 Å². The molecule has 0 atom stereocenters. The Morgan fingerprint density at radius 3 is 2.55 bits per heavy atom. The predicted octanol–water partition coefficient (Wildman–Crippen LogP) is 8.21. The molecule has 0 unspecified atom stereocenters. The summed E-state index contributed by atoms with van der Waals surface area (Å²) < 4.78 is 1.84. The van der Waals surface area contributed by atoms with Crippen LogP contribution in [0, 0.1) is 0 Å². The van der Waals surface area contributed by atoms with Crippen molar-refractivity contribution in [2.75, 3.05) is 11.1 Å². The van der Waals surface area contributed by atoms with Gasteiger partial charge in [-0.2, -0.15) is 0 Å². The van der Waals surface area contributed by atoms with Crippen LogP contribution in [0.15, 0.2) is 70.0 Å². The Hall–Kier alpha value is -2.38. The number of hydrogen-bond acceptors (Lipinski definition) is 5. The van der Waals surface area contributed by atoms with Crippen LogP contribution in [0.4, 0.5) is 11.4 Å². The Kier molecular flexibility index (Phi) is 7.71. The van der Waals surface area contributed by atoms with Gasteiger partial charge >= 0.3 is 0 Å². The number of aromatic nitrogens is 1. The zero-order chi connectivity index (χ0) is 23.4. The minimum absolute atomic E-state index is 0.0570. The normalized spacial score (nSPS) is 11.5. The molecule has 0 aliphatic carbocycles. The van der Waals surface area contributed by atoms with Crippen LogP contribution in [0.2, 0.25) is 10.0 Å². The average Bonchev–Trinajstić information content (AvgIpc) is 3.20. The number of nitrogens with one attached hydrogen (secondary N) is 1. The largest absolute Gasteiger partial charge is 0.325 e. The molecule has 1 N–H and O–H groups in total. The van der Waals surface area contributed by atoms with Gasteiger partial charge in [-0.1, -0.05) is 67.0 Å². The number of anilines is 1. The lowest BCUT2D eigenvalue weighted by molar-refractivity contribution is -0.113. The molecule has 4 aromatic rings. The Bertz CT molecular complexity index is 1300. The van der Waals surface area contributed by atoms with E-state index < -0.39 is 0 Å². The third kappa shape index (κ3) is 6.15. The number of benzene rings is 3. The fraction of sp³-hybridized carbons (Fsp3) is 0.160. The van der Waals surface area contributed by atoms with Gasteiger partial charge in [-0.3, -0.25) is 9.79 Å². The van der Waals surface area contributed by atoms with E-state index in [4.69, 9.17) is 23.2 Å². The van der Waals surface area contributed by atoms with Crippen molar-refractivity contribution < 1.29 is 4.79 Å². The van der Waals surface area contributed by atoms with Crippen molar-refractivity contribution in [3.63, 3.8) is 0 Å². The van der Waals surface area contributed by atoms with Crippen molar-refractivity contribution in [2.24, 2.45) is 4.99 Å². The second-order valence-corrected chi connectivity index (χ2v) is 10.7. The molecular weight excluding hydrogens is 493 g/mol. The number of halogens is 2. The highest BCUT2D eigenvalue weighted by Gasteiger charge is 2.10. The van der Waals surface area contributed by atoms with Gasteiger partial charge in [0.05, 0.1) is 31.7 Å². The molecule has 33 heavy (non-hydrogen) atoms. The van der Waals surface area contributed by atoms with E-state index in [0.29, 0.717) is 27.3 Å². The SMILES string of the molecule is CC(C)c1ccc(NC(=O)CSc2nc3ccc(N=Cc4c(Cl)cccc4Cl)cc3s2)cc1. The second-order valence-electron chi connectivity index (χ2n) is 7.64. The van der Waals surface area contributed by atoms with Crippen molar-refractivity contribution in [2.45, 2.75) is 24.1 Å². The maximum atomic E-state index is 12.4. The Labute approximate surface area is 211 Å². The van der Waals surface area contributed by atoms with Crippen LogP contribution in [0.1, 0.15) is 30.9 Å². The van der Waals surface area contributed by atoms with Crippen LogP contribution >= 0.6 is 46.3 Å². The van der Waals surface area contributed by atoms with Gasteiger partial charge in [0, 0.05) is 17.5 Å². The first-order valence-electron chi connectivity index (χ1n) is 10.3. The highest BCUT2D eigenvalue weighted by Crippen LogP contribution is 2.32. The third-order valence-electron chi connectivity index (χ3n) is 4.88. The van der Waals surface area contributed by atoms with E-state index in [1.165, 1.54) is 28.7 Å². The number of hydrogen-bond donors (Lipinski definition) is 1. The van der Waals surface area contributed by atoms with Gasteiger partial charge in [0.1, 0.15) is 0 Å². The summed E-state index contributed by atoms with van der Waals surface area (Å²) >= 11 is 15.4. The summed E-state index contributed by atoms with van der Waals surface area (Å²) in [4.78, 5) is 21.5. The average molecular weight is 515 g/mol. The minimum Gasteiger partial charge on any atom is -0.325 e. The first-order chi connectivity index (χ1) is 15.9. The predicted molar refractivity (Wildman–Crippen MR) is 143 cm³/mol. The lowest BCUT2D eigenvalue weighted by Crippen LogP contribution is -2.13. The Balaban J connectivity index is 1.39. The summed E-state index contributed by atoms with van der Waals surface area (Å²) in [5.41, 5.74) is 4.39. The minimum atomic E-state index is -0.0570. The molecule has 0 saturated carbocycles. The quantitative estimate of drug-likeness (QED) is 0.200. The van der Waals surface area contributed by atoms with Gasteiger partial charge in [-0.05, 0) is 53.9 Å². The van der Waals surface area contributed by atoms with Gasteiger partial charge in [0.25, 0.3) is 0 Å². The number of aliphatic imine (C=N–C) groups is 1. The van der Waals surface area contributed by atoms with Crippen LogP contribution in [-0.4, -0.2) is 22.9 Å². The fourth-order valence-electron chi connectivity index (χ4n) is 3.08. The summed E-state index contributed by atoms with van der Waals surface area (Å²) in [6.45, 7) is 4.29. The topological polar surface area (TPSA) is 54.4 Å². The number of thioether (sulfide) groups is 1. The molecule has 0 fully saturated rings. The van der Waals surface area contributed by atoms with Gasteiger partial charge in [-0.15, -0.1) is 11.3 Å². The molecular formula is C25H21Cl2N3OS2. The van der Waals surface area contributed by atoms with Gasteiger partial charge in [0.15, 0.2) is 4.34 Å². The molecule has 3 aromatic carbocycles. The van der Waals surface area contributed by atoms with E-state index in [1.807, 2.05) is 42.5 Å². The summed E-state index contributed by atoms with van der Waals surface area (Å²) in [5, 5.41) is 4.05. The van der Waals surface area contributed by atoms with Gasteiger partial charge in [-0.25, -0.2) is 4.98 Å². The number of amides is 1. The lowest BCUT2D eigenvalue weighted by Gasteiger charge is -2.08. The molecule has 1 heterocycles. The summed E-state index contributed by atoms with van der Waals surface area (Å²) in [7, 11) is 0. The first kappa shape index (κ1) is 23.8. The van der Waals surface area contributed by atoms with Crippen LogP contribution < -0.4 is 5.32 Å². The summed E-state index contributed by atoms with van der Waals surface area (Å²) in [6.07, 6.45) is 1.67. The van der Waals surface area contributed by atoms with Crippen molar-refractivity contribution in [3.05, 3.63) is 81.8 Å². The van der Waals surface area contributed by atoms with E-state index in [-0.39, 0.29) is 5.91 Å². The molecule has 0 radical (unpaired) electrons. The molecule has 1 amide bonds. The first-order valence-corrected chi connectivity index (χ1v) is 12.9. The molecule has 0 bridgehead atoms. The van der Waals surface area contributed by atoms with E-state index in [9.17, 15) is 4.79 Å². The molecule has 0 aliphatic rings. The van der Waals surface area contributed by atoms with Gasteiger partial charge in [0.2, 0.25) is 5.91 Å². The van der Waals surface area contributed by atoms with E-state index in [0.717, 1.165) is 25.9 Å². The Morgan fingerprint density at radius 1 is 1.12 bits per heavy atom. The highest BCUT2D eigenvalue weighted by molar-refractivity contribution is 8.01. The number of carbonyl (C=O) groups is 1. The fourth-order valence-corrected chi connectivity index (χ4v) is 5.48. The zero-order valence-corrected chi connectivity index (χ0v) is 21.2. The summed E-state index contributed by atoms with van der Waals surface area (Å²) in [5.74, 6) is 0.699. The number of rotatable bonds is 7. The zero-order valence-electron chi connectivity index (χ0n) is 18.0.